The molecule has 170 valence electrons. The number of hydrogen-bond donors (Lipinski definition) is 2. The minimum Gasteiger partial charge on any atom is -0.491 e. The molecule has 2 aromatic carbocycles. The Morgan fingerprint density at radius 3 is 2.09 bits per heavy atom. The third-order valence-electron chi connectivity index (χ3n) is 4.51. The second-order valence-electron chi connectivity index (χ2n) is 7.62. The van der Waals surface area contributed by atoms with Gasteiger partial charge in [0.2, 0.25) is 27.7 Å². The van der Waals surface area contributed by atoms with Gasteiger partial charge in [0.15, 0.2) is 0 Å². The van der Waals surface area contributed by atoms with Crippen molar-refractivity contribution in [1.82, 2.24) is 0 Å². The second-order valence-corrected chi connectivity index (χ2v) is 9.35. The number of sulfonamides is 1. The van der Waals surface area contributed by atoms with E-state index in [1.54, 1.807) is 24.3 Å². The molecule has 0 aliphatic carbocycles. The molecule has 1 fully saturated rings. The number of carbonyl (C=O) groups excluding carboxylic acids is 3. The van der Waals surface area contributed by atoms with Crippen LogP contribution >= 0.6 is 0 Å². The topological polar surface area (TPSA) is 122 Å². The van der Waals surface area contributed by atoms with Gasteiger partial charge in [-0.25, -0.2) is 8.42 Å². The maximum atomic E-state index is 12.3. The van der Waals surface area contributed by atoms with E-state index in [9.17, 15) is 22.8 Å². The van der Waals surface area contributed by atoms with Crippen LogP contribution in [0.15, 0.2) is 48.5 Å². The average molecular weight is 460 g/mol. The van der Waals surface area contributed by atoms with Gasteiger partial charge in [-0.2, -0.15) is 0 Å². The van der Waals surface area contributed by atoms with E-state index in [-0.39, 0.29) is 17.9 Å². The molecule has 3 rings (SSSR count). The third-order valence-corrected chi connectivity index (χ3v) is 5.70. The number of benzene rings is 2. The number of nitrogens with one attached hydrogen (secondary N) is 2. The number of amides is 3. The van der Waals surface area contributed by atoms with E-state index < -0.39 is 21.7 Å². The normalized spacial score (nSPS) is 14.4. The lowest BCUT2D eigenvalue weighted by molar-refractivity contribution is -0.129. The Kier molecular flexibility index (Phi) is 7.14. The van der Waals surface area contributed by atoms with E-state index in [1.807, 2.05) is 13.8 Å². The molecular weight excluding hydrogens is 434 g/mol. The summed E-state index contributed by atoms with van der Waals surface area (Å²) < 4.78 is 32.5. The van der Waals surface area contributed by atoms with Crippen LogP contribution < -0.4 is 19.7 Å². The molecule has 3 amide bonds. The van der Waals surface area contributed by atoms with Gasteiger partial charge in [0.1, 0.15) is 11.5 Å². The van der Waals surface area contributed by atoms with Gasteiger partial charge < -0.3 is 10.1 Å². The zero-order valence-electron chi connectivity index (χ0n) is 17.8. The monoisotopic (exact) mass is 459 g/mol. The molecule has 1 aliphatic heterocycles. The summed E-state index contributed by atoms with van der Waals surface area (Å²) in [5, 5.41) is 2.50. The zero-order chi connectivity index (χ0) is 23.3. The average Bonchev–Trinajstić information content (AvgIpc) is 2.69. The van der Waals surface area contributed by atoms with E-state index >= 15 is 0 Å². The molecule has 2 N–H and O–H groups in total. The van der Waals surface area contributed by atoms with Gasteiger partial charge in [-0.1, -0.05) is 0 Å². The number of anilines is 3. The molecule has 9 nitrogen and oxygen atoms in total. The Labute approximate surface area is 186 Å². The van der Waals surface area contributed by atoms with Crippen molar-refractivity contribution >= 4 is 44.8 Å². The number of imide groups is 1. The molecule has 0 atom stereocenters. The van der Waals surface area contributed by atoms with Crippen LogP contribution in [-0.4, -0.2) is 38.0 Å². The summed E-state index contributed by atoms with van der Waals surface area (Å²) in [4.78, 5) is 37.3. The van der Waals surface area contributed by atoms with Crippen LogP contribution in [0.2, 0.25) is 0 Å². The molecule has 0 bridgehead atoms. The Morgan fingerprint density at radius 1 is 0.969 bits per heavy atom. The lowest BCUT2D eigenvalue weighted by Gasteiger charge is -2.24. The van der Waals surface area contributed by atoms with Gasteiger partial charge in [0.05, 0.1) is 11.8 Å². The third kappa shape index (κ3) is 6.30. The first-order chi connectivity index (χ1) is 15.1. The Hall–Kier alpha value is -3.40. The van der Waals surface area contributed by atoms with Gasteiger partial charge in [-0.05, 0) is 68.8 Å². The van der Waals surface area contributed by atoms with Gasteiger partial charge in [-0.3, -0.25) is 24.0 Å². The van der Waals surface area contributed by atoms with Gasteiger partial charge in [0, 0.05) is 24.2 Å². The first-order valence-corrected chi connectivity index (χ1v) is 11.8. The van der Waals surface area contributed by atoms with E-state index in [4.69, 9.17) is 4.74 Å². The number of hydrogen-bond acceptors (Lipinski definition) is 6. The highest BCUT2D eigenvalue weighted by Crippen LogP contribution is 2.24. The minimum absolute atomic E-state index is 0.00358. The quantitative estimate of drug-likeness (QED) is 0.586. The van der Waals surface area contributed by atoms with Gasteiger partial charge in [0.25, 0.3) is 0 Å². The zero-order valence-corrected chi connectivity index (χ0v) is 18.6. The molecular formula is C22H25N3O6S. The lowest BCUT2D eigenvalue weighted by atomic mass is 10.1. The predicted octanol–water partition coefficient (Wildman–Crippen LogP) is 2.90. The van der Waals surface area contributed by atoms with Gasteiger partial charge in [-0.15, -0.1) is 0 Å². The fourth-order valence-electron chi connectivity index (χ4n) is 3.19. The highest BCUT2D eigenvalue weighted by atomic mass is 32.2. The summed E-state index contributed by atoms with van der Waals surface area (Å²) in [6.45, 7) is 3.77. The summed E-state index contributed by atoms with van der Waals surface area (Å²) in [6.07, 6.45) is 1.15. The van der Waals surface area contributed by atoms with Crippen LogP contribution in [0.3, 0.4) is 0 Å². The predicted molar refractivity (Wildman–Crippen MR) is 121 cm³/mol. The fourth-order valence-corrected chi connectivity index (χ4v) is 4.18. The molecule has 1 heterocycles. The maximum absolute atomic E-state index is 12.3. The molecule has 0 saturated carbocycles. The molecule has 0 aromatic heterocycles. The van der Waals surface area contributed by atoms with Crippen molar-refractivity contribution in [3.05, 3.63) is 48.5 Å². The van der Waals surface area contributed by atoms with Crippen molar-refractivity contribution in [2.75, 3.05) is 20.7 Å². The highest BCUT2D eigenvalue weighted by Gasteiger charge is 2.27. The minimum atomic E-state index is -3.93. The summed E-state index contributed by atoms with van der Waals surface area (Å²) in [7, 11) is -3.93. The lowest BCUT2D eigenvalue weighted by Crippen LogP contribution is -2.40. The Balaban J connectivity index is 1.57. The number of nitrogens with zero attached hydrogens (tertiary/aromatic N) is 1. The van der Waals surface area contributed by atoms with Crippen molar-refractivity contribution in [2.24, 2.45) is 0 Å². The van der Waals surface area contributed by atoms with E-state index in [1.165, 1.54) is 24.3 Å². The summed E-state index contributed by atoms with van der Waals surface area (Å²) in [5.41, 5.74) is 1.08. The fraction of sp³-hybridized carbons (Fsp3) is 0.318. The smallest absolute Gasteiger partial charge is 0.241 e. The molecule has 0 radical (unpaired) electrons. The number of ether oxygens (including phenoxy) is 1. The molecule has 10 heteroatoms. The maximum Gasteiger partial charge on any atom is 0.241 e. The van der Waals surface area contributed by atoms with E-state index in [0.29, 0.717) is 42.1 Å². The summed E-state index contributed by atoms with van der Waals surface area (Å²) in [6, 6.07) is 12.5. The molecule has 0 unspecified atom stereocenters. The van der Waals surface area contributed by atoms with Gasteiger partial charge >= 0.3 is 0 Å². The van der Waals surface area contributed by atoms with Crippen LogP contribution in [0, 0.1) is 0 Å². The van der Waals surface area contributed by atoms with Crippen LogP contribution in [0.4, 0.5) is 17.1 Å². The first-order valence-electron chi connectivity index (χ1n) is 10.2. The van der Waals surface area contributed by atoms with Crippen molar-refractivity contribution in [2.45, 2.75) is 39.2 Å². The molecule has 2 aromatic rings. The standard InChI is InChI=1S/C22H25N3O6S/c1-15(2)31-19-12-8-17(9-13-19)24-32(29,30)14-20(26)23-16-6-10-18(11-7-16)25-21(27)4-3-5-22(25)28/h6-13,15,24H,3-5,14H2,1-2H3,(H,23,26). The largest absolute Gasteiger partial charge is 0.491 e. The number of rotatable bonds is 8. The highest BCUT2D eigenvalue weighted by molar-refractivity contribution is 7.93. The van der Waals surface area contributed by atoms with E-state index in [2.05, 4.69) is 10.0 Å². The van der Waals surface area contributed by atoms with Crippen molar-refractivity contribution < 1.29 is 27.5 Å². The van der Waals surface area contributed by atoms with E-state index in [0.717, 1.165) is 4.90 Å². The van der Waals surface area contributed by atoms with Crippen molar-refractivity contribution in [3.8, 4) is 5.75 Å². The molecule has 1 aliphatic rings. The first kappa shape index (κ1) is 23.3. The number of carbonyl (C=O) groups is 3. The van der Waals surface area contributed by atoms with Crippen LogP contribution in [-0.2, 0) is 24.4 Å². The Bertz CT molecular complexity index is 1080. The van der Waals surface area contributed by atoms with Crippen LogP contribution in [0.25, 0.3) is 0 Å². The van der Waals surface area contributed by atoms with Crippen LogP contribution in [0.5, 0.6) is 5.75 Å². The second kappa shape index (κ2) is 9.82. The summed E-state index contributed by atoms with van der Waals surface area (Å²) in [5.74, 6) is -1.42. The van der Waals surface area contributed by atoms with Crippen molar-refractivity contribution in [1.29, 1.82) is 0 Å². The number of piperidine rings is 1. The molecule has 0 spiro atoms. The Morgan fingerprint density at radius 2 is 1.53 bits per heavy atom. The summed E-state index contributed by atoms with van der Waals surface area (Å²) >= 11 is 0. The van der Waals surface area contributed by atoms with Crippen molar-refractivity contribution in [3.63, 3.8) is 0 Å². The molecule has 32 heavy (non-hydrogen) atoms. The van der Waals surface area contributed by atoms with Crippen LogP contribution in [0.1, 0.15) is 33.1 Å². The molecule has 1 saturated heterocycles. The SMILES string of the molecule is CC(C)Oc1ccc(NS(=O)(=O)CC(=O)Nc2ccc(N3C(=O)CCCC3=O)cc2)cc1.